The molecule has 0 spiro atoms. The van der Waals surface area contributed by atoms with E-state index >= 15 is 0 Å². The van der Waals surface area contributed by atoms with Crippen LogP contribution in [0.1, 0.15) is 32.6 Å². The normalized spacial score (nSPS) is 45.3. The Morgan fingerprint density at radius 2 is 1.67 bits per heavy atom. The van der Waals surface area contributed by atoms with Crippen molar-refractivity contribution in [2.24, 2.45) is 11.8 Å². The molecule has 0 aromatic rings. The highest BCUT2D eigenvalue weighted by Crippen LogP contribution is 2.50. The number of ether oxygens (including phenoxy) is 1. The van der Waals surface area contributed by atoms with Crippen LogP contribution in [0.25, 0.3) is 0 Å². The van der Waals surface area contributed by atoms with E-state index in [9.17, 15) is 19.2 Å². The molecule has 0 saturated carbocycles. The molecule has 0 radical (unpaired) electrons. The fourth-order valence-corrected chi connectivity index (χ4v) is 4.21. The third-order valence-electron chi connectivity index (χ3n) is 5.36. The Morgan fingerprint density at radius 3 is 2.19 bits per heavy atom. The summed E-state index contributed by atoms with van der Waals surface area (Å²) >= 11 is 0. The van der Waals surface area contributed by atoms with Gasteiger partial charge in [-0.25, -0.2) is 0 Å². The topological polar surface area (TPSA) is 92.8 Å². The molecule has 7 heteroatoms. The first-order valence-corrected chi connectivity index (χ1v) is 7.31. The molecule has 4 aliphatic rings. The molecular formula is C14H16N2O5. The Bertz CT molecular complexity index is 560. The molecule has 5 atom stereocenters. The van der Waals surface area contributed by atoms with Gasteiger partial charge in [-0.2, -0.15) is 0 Å². The number of fused-ring (bicyclic) bond motifs is 5. The molecule has 4 amide bonds. The minimum absolute atomic E-state index is 0.137. The SMILES string of the molecule is CC1(N2C(=O)[C@@H]3[C@H](C2=O)[C@H]2CC[C@@H]3O2)CCC(=O)NC1=O. The Balaban J connectivity index is 1.70. The number of carbonyl (C=O) groups excluding carboxylic acids is 4. The van der Waals surface area contributed by atoms with Gasteiger partial charge in [-0.05, 0) is 26.2 Å². The number of piperidine rings is 1. The second kappa shape index (κ2) is 3.91. The summed E-state index contributed by atoms with van der Waals surface area (Å²) in [6.45, 7) is 1.56. The van der Waals surface area contributed by atoms with Crippen LogP contribution in [0.4, 0.5) is 0 Å². The van der Waals surface area contributed by atoms with Crippen LogP contribution in [0.2, 0.25) is 0 Å². The third kappa shape index (κ3) is 1.47. The van der Waals surface area contributed by atoms with Gasteiger partial charge in [0.1, 0.15) is 5.54 Å². The standard InChI is InChI=1S/C14H16N2O5/c1-14(5-4-8(17)15-13(14)20)16-11(18)9-6-2-3-7(21-6)10(9)12(16)19/h6-7,9-10H,2-5H2,1H3,(H,15,17,20)/t6-,7+,9-,10+,14?. The van der Waals surface area contributed by atoms with Gasteiger partial charge in [-0.15, -0.1) is 0 Å². The van der Waals surface area contributed by atoms with Crippen LogP contribution in [-0.4, -0.2) is 46.3 Å². The van der Waals surface area contributed by atoms with E-state index in [1.54, 1.807) is 6.92 Å². The lowest BCUT2D eigenvalue weighted by Crippen LogP contribution is -2.63. The molecule has 1 N–H and O–H groups in total. The minimum atomic E-state index is -1.26. The second-order valence-corrected chi connectivity index (χ2v) is 6.50. The summed E-state index contributed by atoms with van der Waals surface area (Å²) in [5.41, 5.74) is -1.26. The smallest absolute Gasteiger partial charge is 0.252 e. The van der Waals surface area contributed by atoms with E-state index in [0.717, 1.165) is 17.7 Å². The molecule has 4 heterocycles. The summed E-state index contributed by atoms with van der Waals surface area (Å²) in [5, 5.41) is 2.24. The van der Waals surface area contributed by atoms with Crippen molar-refractivity contribution >= 4 is 23.6 Å². The Hall–Kier alpha value is -1.76. The van der Waals surface area contributed by atoms with E-state index in [4.69, 9.17) is 4.74 Å². The first-order chi connectivity index (χ1) is 9.93. The zero-order chi connectivity index (χ0) is 14.9. The van der Waals surface area contributed by atoms with Crippen LogP contribution in [0.5, 0.6) is 0 Å². The number of hydrogen-bond acceptors (Lipinski definition) is 5. The summed E-state index contributed by atoms with van der Waals surface area (Å²) in [5.74, 6) is -2.45. The summed E-state index contributed by atoms with van der Waals surface area (Å²) < 4.78 is 5.67. The molecule has 21 heavy (non-hydrogen) atoms. The van der Waals surface area contributed by atoms with Gasteiger partial charge in [0.05, 0.1) is 24.0 Å². The van der Waals surface area contributed by atoms with E-state index in [0.29, 0.717) is 0 Å². The van der Waals surface area contributed by atoms with Crippen LogP contribution >= 0.6 is 0 Å². The van der Waals surface area contributed by atoms with Crippen LogP contribution in [0.15, 0.2) is 0 Å². The molecule has 4 saturated heterocycles. The van der Waals surface area contributed by atoms with Crippen molar-refractivity contribution in [3.63, 3.8) is 0 Å². The zero-order valence-corrected chi connectivity index (χ0v) is 11.6. The van der Waals surface area contributed by atoms with Gasteiger partial charge in [0.25, 0.3) is 5.91 Å². The predicted molar refractivity (Wildman–Crippen MR) is 67.5 cm³/mol. The van der Waals surface area contributed by atoms with Crippen molar-refractivity contribution in [2.45, 2.75) is 50.4 Å². The largest absolute Gasteiger partial charge is 0.373 e. The van der Waals surface area contributed by atoms with Crippen molar-refractivity contribution in [3.05, 3.63) is 0 Å². The summed E-state index contributed by atoms with van der Waals surface area (Å²) in [6.07, 6.45) is 1.51. The maximum absolute atomic E-state index is 12.7. The summed E-state index contributed by atoms with van der Waals surface area (Å²) in [7, 11) is 0. The van der Waals surface area contributed by atoms with Crippen LogP contribution in [-0.2, 0) is 23.9 Å². The molecule has 7 nitrogen and oxygen atoms in total. The van der Waals surface area contributed by atoms with E-state index in [1.807, 2.05) is 0 Å². The maximum Gasteiger partial charge on any atom is 0.252 e. The van der Waals surface area contributed by atoms with E-state index in [-0.39, 0.29) is 42.8 Å². The number of hydrogen-bond donors (Lipinski definition) is 1. The molecule has 4 rings (SSSR count). The Kier molecular flexibility index (Phi) is 2.41. The van der Waals surface area contributed by atoms with Gasteiger partial charge in [0.15, 0.2) is 0 Å². The fraction of sp³-hybridized carbons (Fsp3) is 0.714. The monoisotopic (exact) mass is 292 g/mol. The average Bonchev–Trinajstić information content (AvgIpc) is 3.09. The van der Waals surface area contributed by atoms with Crippen LogP contribution in [0.3, 0.4) is 0 Å². The average molecular weight is 292 g/mol. The lowest BCUT2D eigenvalue weighted by Gasteiger charge is -2.38. The molecule has 1 unspecified atom stereocenters. The number of carbonyl (C=O) groups is 4. The number of nitrogens with one attached hydrogen (secondary N) is 1. The summed E-state index contributed by atoms with van der Waals surface area (Å²) in [6, 6.07) is 0. The Labute approximate surface area is 121 Å². The molecule has 0 aromatic carbocycles. The number of nitrogens with zero attached hydrogens (tertiary/aromatic N) is 1. The van der Waals surface area contributed by atoms with Gasteiger partial charge in [-0.1, -0.05) is 0 Å². The minimum Gasteiger partial charge on any atom is -0.373 e. The highest BCUT2D eigenvalue weighted by Gasteiger charge is 2.66. The summed E-state index contributed by atoms with van der Waals surface area (Å²) in [4.78, 5) is 50.0. The van der Waals surface area contributed by atoms with Crippen molar-refractivity contribution in [1.82, 2.24) is 10.2 Å². The highest BCUT2D eigenvalue weighted by atomic mass is 16.5. The van der Waals surface area contributed by atoms with Crippen molar-refractivity contribution in [3.8, 4) is 0 Å². The molecule has 0 aromatic heterocycles. The number of rotatable bonds is 1. The third-order valence-corrected chi connectivity index (χ3v) is 5.36. The quantitative estimate of drug-likeness (QED) is 0.648. The molecule has 2 bridgehead atoms. The van der Waals surface area contributed by atoms with Crippen molar-refractivity contribution in [2.75, 3.05) is 0 Å². The van der Waals surface area contributed by atoms with Crippen LogP contribution in [0, 0.1) is 11.8 Å². The second-order valence-electron chi connectivity index (χ2n) is 6.50. The zero-order valence-electron chi connectivity index (χ0n) is 11.6. The number of likely N-dealkylation sites (tertiary alicyclic amines) is 1. The molecule has 0 aliphatic carbocycles. The first kappa shape index (κ1) is 12.9. The van der Waals surface area contributed by atoms with Gasteiger partial charge < -0.3 is 4.74 Å². The maximum atomic E-state index is 12.7. The van der Waals surface area contributed by atoms with E-state index < -0.39 is 23.3 Å². The van der Waals surface area contributed by atoms with E-state index in [2.05, 4.69) is 5.32 Å². The van der Waals surface area contributed by atoms with E-state index in [1.165, 1.54) is 0 Å². The number of imide groups is 2. The molecular weight excluding hydrogens is 276 g/mol. The lowest BCUT2D eigenvalue weighted by molar-refractivity contribution is -0.160. The van der Waals surface area contributed by atoms with Gasteiger partial charge >= 0.3 is 0 Å². The molecule has 4 aliphatic heterocycles. The lowest BCUT2D eigenvalue weighted by atomic mass is 9.81. The first-order valence-electron chi connectivity index (χ1n) is 7.31. The van der Waals surface area contributed by atoms with Crippen molar-refractivity contribution in [1.29, 1.82) is 0 Å². The van der Waals surface area contributed by atoms with Gasteiger partial charge in [0.2, 0.25) is 17.7 Å². The fourth-order valence-electron chi connectivity index (χ4n) is 4.21. The van der Waals surface area contributed by atoms with Crippen molar-refractivity contribution < 1.29 is 23.9 Å². The van der Waals surface area contributed by atoms with Crippen LogP contribution < -0.4 is 5.32 Å². The highest BCUT2D eigenvalue weighted by molar-refractivity contribution is 6.13. The molecule has 112 valence electrons. The Morgan fingerprint density at radius 1 is 1.10 bits per heavy atom. The molecule has 4 fully saturated rings. The number of amides is 4. The van der Waals surface area contributed by atoms with Gasteiger partial charge in [0, 0.05) is 6.42 Å². The predicted octanol–water partition coefficient (Wildman–Crippen LogP) is -0.656. The van der Waals surface area contributed by atoms with Gasteiger partial charge in [-0.3, -0.25) is 29.4 Å².